The van der Waals surface area contributed by atoms with Gasteiger partial charge < -0.3 is 15.4 Å². The van der Waals surface area contributed by atoms with Gasteiger partial charge in [-0.25, -0.2) is 9.18 Å². The maximum atomic E-state index is 13.6. The summed E-state index contributed by atoms with van der Waals surface area (Å²) in [6.07, 6.45) is 3.80. The van der Waals surface area contributed by atoms with Crippen molar-refractivity contribution in [1.82, 2.24) is 15.5 Å². The molecule has 1 unspecified atom stereocenters. The Morgan fingerprint density at radius 1 is 1.07 bits per heavy atom. The van der Waals surface area contributed by atoms with Crippen LogP contribution in [-0.2, 0) is 16.0 Å². The molecule has 0 spiro atoms. The lowest BCUT2D eigenvalue weighted by Crippen LogP contribution is -2.57. The molecule has 0 radical (unpaired) electrons. The molecule has 4 rings (SSSR count). The molecule has 3 aliphatic heterocycles. The molecule has 0 bridgehead atoms. The maximum absolute atomic E-state index is 13.6. The molecule has 3 saturated heterocycles. The topological polar surface area (TPSA) is 70.7 Å². The number of hydrogen-bond acceptors (Lipinski definition) is 4. The number of carbonyl (C=O) groups is 2. The summed E-state index contributed by atoms with van der Waals surface area (Å²) in [4.78, 5) is 27.9. The Hall–Kier alpha value is -1.99. The number of urea groups is 1. The molecule has 0 saturated carbocycles. The van der Waals surface area contributed by atoms with Gasteiger partial charge in [0.25, 0.3) is 5.91 Å². The fraction of sp³-hybridized carbons (Fsp3) is 0.619. The Bertz CT molecular complexity index is 714. The van der Waals surface area contributed by atoms with E-state index in [4.69, 9.17) is 4.74 Å². The van der Waals surface area contributed by atoms with Crippen LogP contribution in [0.3, 0.4) is 0 Å². The minimum absolute atomic E-state index is 0.0648. The predicted octanol–water partition coefficient (Wildman–Crippen LogP) is 2.08. The number of nitrogens with one attached hydrogen (secondary N) is 2. The number of rotatable bonds is 5. The van der Waals surface area contributed by atoms with Gasteiger partial charge in [-0.2, -0.15) is 0 Å². The molecule has 7 heteroatoms. The number of carbonyl (C=O) groups excluding carboxylic acids is 2. The van der Waals surface area contributed by atoms with Crippen molar-refractivity contribution in [2.45, 2.75) is 37.6 Å². The van der Waals surface area contributed by atoms with Crippen LogP contribution in [0.5, 0.6) is 0 Å². The van der Waals surface area contributed by atoms with E-state index < -0.39 is 5.54 Å². The number of ether oxygens (including phenoxy) is 1. The third kappa shape index (κ3) is 3.78. The van der Waals surface area contributed by atoms with Crippen molar-refractivity contribution in [3.05, 3.63) is 35.6 Å². The second kappa shape index (κ2) is 8.17. The largest absolute Gasteiger partial charge is 0.381 e. The summed E-state index contributed by atoms with van der Waals surface area (Å²) < 4.78 is 18.7. The van der Waals surface area contributed by atoms with Gasteiger partial charge >= 0.3 is 6.03 Å². The van der Waals surface area contributed by atoms with E-state index in [0.717, 1.165) is 44.3 Å². The first-order valence-corrected chi connectivity index (χ1v) is 10.3. The number of nitrogens with zero attached hydrogens (tertiary/aromatic N) is 1. The molecular weight excluding hydrogens is 361 g/mol. The van der Waals surface area contributed by atoms with E-state index in [9.17, 15) is 14.0 Å². The van der Waals surface area contributed by atoms with Crippen LogP contribution in [0.15, 0.2) is 24.3 Å². The van der Waals surface area contributed by atoms with Gasteiger partial charge in [0.2, 0.25) is 0 Å². The third-order valence-electron chi connectivity index (χ3n) is 6.42. The molecule has 3 aliphatic rings. The molecule has 2 N–H and O–H groups in total. The zero-order valence-corrected chi connectivity index (χ0v) is 16.1. The average Bonchev–Trinajstić information content (AvgIpc) is 2.96. The molecule has 1 aromatic carbocycles. The summed E-state index contributed by atoms with van der Waals surface area (Å²) in [5, 5.41) is 6.40. The summed E-state index contributed by atoms with van der Waals surface area (Å²) in [5.74, 6) is -0.0733. The molecule has 0 aliphatic carbocycles. The lowest BCUT2D eigenvalue weighted by atomic mass is 9.74. The smallest absolute Gasteiger partial charge is 0.325 e. The number of amides is 3. The molecular formula is C21H28FN3O3. The van der Waals surface area contributed by atoms with Crippen LogP contribution in [-0.4, -0.2) is 55.2 Å². The monoisotopic (exact) mass is 389 g/mol. The van der Waals surface area contributed by atoms with Gasteiger partial charge in [0.05, 0.1) is 0 Å². The molecule has 3 heterocycles. The van der Waals surface area contributed by atoms with E-state index in [1.165, 1.54) is 17.0 Å². The Kier molecular flexibility index (Phi) is 5.64. The third-order valence-corrected chi connectivity index (χ3v) is 6.42. The summed E-state index contributed by atoms with van der Waals surface area (Å²) in [7, 11) is 0. The standard InChI is InChI=1S/C21H28FN3O3/c22-18-3-1-15(2-4-18)13-21(17-5-9-23-10-6-17)19(26)25(20(27)24-21)14-16-7-11-28-12-8-16/h1-4,16-17,23H,5-14H2,(H,24,27). The van der Waals surface area contributed by atoms with E-state index in [2.05, 4.69) is 10.6 Å². The van der Waals surface area contributed by atoms with Crippen LogP contribution in [0.4, 0.5) is 9.18 Å². The van der Waals surface area contributed by atoms with Gasteiger partial charge in [-0.15, -0.1) is 0 Å². The Morgan fingerprint density at radius 2 is 1.75 bits per heavy atom. The Labute approximate surface area is 164 Å². The molecule has 3 fully saturated rings. The van der Waals surface area contributed by atoms with E-state index in [1.807, 2.05) is 0 Å². The Balaban J connectivity index is 1.59. The van der Waals surface area contributed by atoms with E-state index in [0.29, 0.717) is 26.2 Å². The van der Waals surface area contributed by atoms with Gasteiger partial charge in [-0.1, -0.05) is 12.1 Å². The molecule has 3 amide bonds. The second-order valence-electron chi connectivity index (χ2n) is 8.20. The van der Waals surface area contributed by atoms with Gasteiger partial charge in [-0.05, 0) is 68.3 Å². The lowest BCUT2D eigenvalue weighted by molar-refractivity contribution is -0.134. The first-order chi connectivity index (χ1) is 13.6. The van der Waals surface area contributed by atoms with Crippen molar-refractivity contribution >= 4 is 11.9 Å². The van der Waals surface area contributed by atoms with Crippen LogP contribution in [0.1, 0.15) is 31.2 Å². The van der Waals surface area contributed by atoms with Crippen LogP contribution in [0.25, 0.3) is 0 Å². The highest BCUT2D eigenvalue weighted by molar-refractivity contribution is 6.07. The summed E-state index contributed by atoms with van der Waals surface area (Å²) in [6.45, 7) is 3.48. The highest BCUT2D eigenvalue weighted by atomic mass is 19.1. The van der Waals surface area contributed by atoms with Crippen LogP contribution in [0, 0.1) is 17.7 Å². The minimum Gasteiger partial charge on any atom is -0.381 e. The van der Waals surface area contributed by atoms with Gasteiger partial charge in [0.15, 0.2) is 0 Å². The van der Waals surface area contributed by atoms with Gasteiger partial charge in [-0.3, -0.25) is 9.69 Å². The van der Waals surface area contributed by atoms with E-state index >= 15 is 0 Å². The summed E-state index contributed by atoms with van der Waals surface area (Å²) >= 11 is 0. The zero-order chi connectivity index (χ0) is 19.6. The summed E-state index contributed by atoms with van der Waals surface area (Å²) in [6, 6.07) is 5.94. The predicted molar refractivity (Wildman–Crippen MR) is 102 cm³/mol. The highest BCUT2D eigenvalue weighted by Crippen LogP contribution is 2.36. The SMILES string of the molecule is O=C1NC(Cc2ccc(F)cc2)(C2CCNCC2)C(=O)N1CC1CCOCC1. The van der Waals surface area contributed by atoms with Crippen molar-refractivity contribution in [2.75, 3.05) is 32.8 Å². The quantitative estimate of drug-likeness (QED) is 0.757. The normalized spacial score (nSPS) is 27.2. The average molecular weight is 389 g/mol. The second-order valence-corrected chi connectivity index (χ2v) is 8.20. The number of halogens is 1. The molecule has 1 aromatic rings. The zero-order valence-electron chi connectivity index (χ0n) is 16.1. The highest BCUT2D eigenvalue weighted by Gasteiger charge is 2.55. The molecule has 0 aromatic heterocycles. The van der Waals surface area contributed by atoms with Crippen LogP contribution >= 0.6 is 0 Å². The minimum atomic E-state index is -0.942. The first kappa shape index (κ1) is 19.3. The maximum Gasteiger partial charge on any atom is 0.325 e. The first-order valence-electron chi connectivity index (χ1n) is 10.3. The molecule has 152 valence electrons. The lowest BCUT2D eigenvalue weighted by Gasteiger charge is -2.38. The van der Waals surface area contributed by atoms with Crippen molar-refractivity contribution < 1.29 is 18.7 Å². The number of benzene rings is 1. The molecule has 1 atom stereocenters. The van der Waals surface area contributed by atoms with Crippen molar-refractivity contribution in [2.24, 2.45) is 11.8 Å². The van der Waals surface area contributed by atoms with Crippen LogP contribution in [0.2, 0.25) is 0 Å². The fourth-order valence-electron chi connectivity index (χ4n) is 4.78. The van der Waals surface area contributed by atoms with Gasteiger partial charge in [0.1, 0.15) is 11.4 Å². The van der Waals surface area contributed by atoms with E-state index in [-0.39, 0.29) is 29.6 Å². The van der Waals surface area contributed by atoms with Crippen molar-refractivity contribution in [1.29, 1.82) is 0 Å². The Morgan fingerprint density at radius 3 is 2.43 bits per heavy atom. The van der Waals surface area contributed by atoms with Crippen molar-refractivity contribution in [3.63, 3.8) is 0 Å². The molecule has 28 heavy (non-hydrogen) atoms. The number of piperidine rings is 1. The fourth-order valence-corrected chi connectivity index (χ4v) is 4.78. The summed E-state index contributed by atoms with van der Waals surface area (Å²) in [5.41, 5.74) is -0.0798. The van der Waals surface area contributed by atoms with Crippen molar-refractivity contribution in [3.8, 4) is 0 Å². The van der Waals surface area contributed by atoms with Crippen LogP contribution < -0.4 is 10.6 Å². The van der Waals surface area contributed by atoms with E-state index in [1.54, 1.807) is 12.1 Å². The molecule has 6 nitrogen and oxygen atoms in total. The number of imide groups is 1. The van der Waals surface area contributed by atoms with Gasteiger partial charge in [0, 0.05) is 26.2 Å². The number of hydrogen-bond donors (Lipinski definition) is 2.